The SMILES string of the molecule is CCCCCCOc1cccc(Oc2ccc(S(=O)(=O)c3ccc(O)cc3)cc2)c1S(=O)(=O)c1ccccc1. The van der Waals surface area contributed by atoms with Crippen LogP contribution >= 0.6 is 0 Å². The number of hydrogen-bond acceptors (Lipinski definition) is 7. The van der Waals surface area contributed by atoms with Crippen LogP contribution in [0.25, 0.3) is 0 Å². The molecule has 0 aromatic heterocycles. The average molecular weight is 567 g/mol. The standard InChI is InChI=1S/C30H30O7S2/c1-2-3-4-8-22-36-28-12-9-13-29(30(28)39(34,35)25-10-6-5-7-11-25)37-24-16-20-27(21-17-24)38(32,33)26-18-14-23(31)15-19-26/h5-7,9-21,31H,2-4,8,22H2,1H3. The van der Waals surface area contributed by atoms with Gasteiger partial charge in [-0.2, -0.15) is 0 Å². The van der Waals surface area contributed by atoms with E-state index in [0.717, 1.165) is 25.7 Å². The van der Waals surface area contributed by atoms with Crippen LogP contribution in [0.15, 0.2) is 117 Å². The van der Waals surface area contributed by atoms with Crippen LogP contribution in [-0.2, 0) is 19.7 Å². The first-order chi connectivity index (χ1) is 18.7. The number of ether oxygens (including phenoxy) is 2. The quantitative estimate of drug-likeness (QED) is 0.188. The molecule has 0 amide bonds. The minimum atomic E-state index is -4.01. The topological polar surface area (TPSA) is 107 Å². The van der Waals surface area contributed by atoms with Gasteiger partial charge in [-0.15, -0.1) is 0 Å². The van der Waals surface area contributed by atoms with Crippen molar-refractivity contribution in [1.29, 1.82) is 0 Å². The molecular weight excluding hydrogens is 536 g/mol. The fraction of sp³-hybridized carbons (Fsp3) is 0.200. The number of hydrogen-bond donors (Lipinski definition) is 1. The van der Waals surface area contributed by atoms with Crippen LogP contribution in [0.5, 0.6) is 23.0 Å². The predicted octanol–water partition coefficient (Wildman–Crippen LogP) is 6.81. The lowest BCUT2D eigenvalue weighted by Gasteiger charge is -2.17. The zero-order chi connectivity index (χ0) is 27.9. The van der Waals surface area contributed by atoms with E-state index in [2.05, 4.69) is 6.92 Å². The van der Waals surface area contributed by atoms with Crippen molar-refractivity contribution in [2.75, 3.05) is 6.61 Å². The maximum Gasteiger partial charge on any atom is 0.213 e. The molecule has 1 N–H and O–H groups in total. The molecule has 4 rings (SSSR count). The lowest BCUT2D eigenvalue weighted by atomic mass is 10.2. The Hall–Kier alpha value is -3.82. The summed E-state index contributed by atoms with van der Waals surface area (Å²) in [4.78, 5) is 0.0792. The average Bonchev–Trinajstić information content (AvgIpc) is 2.94. The van der Waals surface area contributed by atoms with Gasteiger partial charge >= 0.3 is 0 Å². The molecule has 0 aliphatic heterocycles. The van der Waals surface area contributed by atoms with Crippen LogP contribution in [0, 0.1) is 0 Å². The number of phenolic OH excluding ortho intramolecular Hbond substituents is 1. The van der Waals surface area contributed by atoms with Crippen LogP contribution in [0.1, 0.15) is 32.6 Å². The molecule has 7 nitrogen and oxygen atoms in total. The van der Waals surface area contributed by atoms with Gasteiger partial charge < -0.3 is 14.6 Å². The smallest absolute Gasteiger partial charge is 0.213 e. The van der Waals surface area contributed by atoms with E-state index in [1.165, 1.54) is 60.7 Å². The van der Waals surface area contributed by atoms with Gasteiger partial charge in [0.1, 0.15) is 23.0 Å². The van der Waals surface area contributed by atoms with Crippen molar-refractivity contribution in [3.8, 4) is 23.0 Å². The molecule has 0 spiro atoms. The van der Waals surface area contributed by atoms with Gasteiger partial charge in [-0.3, -0.25) is 0 Å². The van der Waals surface area contributed by atoms with E-state index in [9.17, 15) is 21.9 Å². The number of aromatic hydroxyl groups is 1. The highest BCUT2D eigenvalue weighted by molar-refractivity contribution is 7.92. The van der Waals surface area contributed by atoms with E-state index in [-0.39, 0.29) is 42.6 Å². The summed E-state index contributed by atoms with van der Waals surface area (Å²) in [6.07, 6.45) is 3.92. The second kappa shape index (κ2) is 12.4. The van der Waals surface area contributed by atoms with Gasteiger partial charge in [0.25, 0.3) is 0 Å². The first kappa shape index (κ1) is 28.2. The van der Waals surface area contributed by atoms with Gasteiger partial charge in [0, 0.05) is 0 Å². The third-order valence-corrected chi connectivity index (χ3v) is 9.65. The second-order valence-corrected chi connectivity index (χ2v) is 12.7. The molecule has 39 heavy (non-hydrogen) atoms. The summed E-state index contributed by atoms with van der Waals surface area (Å²) in [7, 11) is -7.82. The third-order valence-electron chi connectivity index (χ3n) is 6.03. The molecule has 4 aromatic rings. The minimum Gasteiger partial charge on any atom is -0.508 e. The van der Waals surface area contributed by atoms with E-state index in [4.69, 9.17) is 9.47 Å². The molecule has 9 heteroatoms. The van der Waals surface area contributed by atoms with Crippen molar-refractivity contribution in [2.45, 2.75) is 52.2 Å². The normalized spacial score (nSPS) is 11.7. The summed E-state index contributed by atoms with van der Waals surface area (Å²) >= 11 is 0. The number of benzene rings is 4. The molecule has 0 unspecified atom stereocenters. The second-order valence-electron chi connectivity index (χ2n) is 8.88. The van der Waals surface area contributed by atoms with Crippen LogP contribution in [0.2, 0.25) is 0 Å². The van der Waals surface area contributed by atoms with Crippen molar-refractivity contribution < 1.29 is 31.4 Å². The number of sulfone groups is 2. The number of unbranched alkanes of at least 4 members (excludes halogenated alkanes) is 3. The molecule has 0 radical (unpaired) electrons. The predicted molar refractivity (Wildman–Crippen MR) is 148 cm³/mol. The summed E-state index contributed by atoms with van der Waals surface area (Å²) in [6.45, 7) is 2.48. The highest BCUT2D eigenvalue weighted by Gasteiger charge is 2.28. The lowest BCUT2D eigenvalue weighted by molar-refractivity contribution is 0.294. The van der Waals surface area contributed by atoms with Gasteiger partial charge in [0.05, 0.1) is 21.3 Å². The molecule has 4 aromatic carbocycles. The first-order valence-electron chi connectivity index (χ1n) is 12.6. The van der Waals surface area contributed by atoms with Gasteiger partial charge in [-0.25, -0.2) is 16.8 Å². The third kappa shape index (κ3) is 6.61. The zero-order valence-electron chi connectivity index (χ0n) is 21.5. The number of rotatable bonds is 12. The van der Waals surface area contributed by atoms with E-state index in [0.29, 0.717) is 6.61 Å². The maximum absolute atomic E-state index is 13.7. The Balaban J connectivity index is 1.66. The molecule has 0 aliphatic carbocycles. The first-order valence-corrected chi connectivity index (χ1v) is 15.6. The number of phenols is 1. The Bertz CT molecular complexity index is 1600. The monoisotopic (exact) mass is 566 g/mol. The van der Waals surface area contributed by atoms with Crippen molar-refractivity contribution in [2.24, 2.45) is 0 Å². The van der Waals surface area contributed by atoms with Crippen molar-refractivity contribution in [3.05, 3.63) is 97.1 Å². The van der Waals surface area contributed by atoms with Crippen molar-refractivity contribution in [1.82, 2.24) is 0 Å². The fourth-order valence-electron chi connectivity index (χ4n) is 3.96. The van der Waals surface area contributed by atoms with Gasteiger partial charge in [-0.1, -0.05) is 50.5 Å². The molecule has 0 heterocycles. The van der Waals surface area contributed by atoms with Gasteiger partial charge in [0.15, 0.2) is 4.90 Å². The van der Waals surface area contributed by atoms with E-state index >= 15 is 0 Å². The Morgan fingerprint density at radius 1 is 0.615 bits per heavy atom. The van der Waals surface area contributed by atoms with Crippen LogP contribution < -0.4 is 9.47 Å². The molecule has 0 fully saturated rings. The van der Waals surface area contributed by atoms with Gasteiger partial charge in [-0.05, 0) is 79.2 Å². The Kier molecular flexibility index (Phi) is 8.93. The summed E-state index contributed by atoms with van der Waals surface area (Å²) in [5.41, 5.74) is 0. The molecule has 0 aliphatic rings. The Morgan fingerprint density at radius 3 is 1.85 bits per heavy atom. The fourth-order valence-corrected chi connectivity index (χ4v) is 6.74. The molecular formula is C30H30O7S2. The summed E-state index contributed by atoms with van der Waals surface area (Å²) in [5, 5.41) is 9.46. The van der Waals surface area contributed by atoms with Crippen LogP contribution in [0.4, 0.5) is 0 Å². The largest absolute Gasteiger partial charge is 0.508 e. The molecule has 0 saturated heterocycles. The van der Waals surface area contributed by atoms with Crippen molar-refractivity contribution in [3.63, 3.8) is 0 Å². The maximum atomic E-state index is 13.7. The zero-order valence-corrected chi connectivity index (χ0v) is 23.1. The van der Waals surface area contributed by atoms with E-state index in [1.54, 1.807) is 36.4 Å². The molecule has 0 saturated carbocycles. The summed E-state index contributed by atoms with van der Waals surface area (Å²) in [5.74, 6) is 0.480. The van der Waals surface area contributed by atoms with Crippen LogP contribution in [-0.4, -0.2) is 28.5 Å². The Labute approximate surface area is 229 Å². The lowest BCUT2D eigenvalue weighted by Crippen LogP contribution is -2.08. The van der Waals surface area contributed by atoms with E-state index in [1.807, 2.05) is 0 Å². The minimum absolute atomic E-state index is 0.0295. The summed E-state index contributed by atoms with van der Waals surface area (Å²) < 4.78 is 65.3. The van der Waals surface area contributed by atoms with E-state index < -0.39 is 19.7 Å². The van der Waals surface area contributed by atoms with Crippen LogP contribution in [0.3, 0.4) is 0 Å². The molecule has 0 bridgehead atoms. The van der Waals surface area contributed by atoms with Crippen molar-refractivity contribution >= 4 is 19.7 Å². The molecule has 0 atom stereocenters. The Morgan fingerprint density at radius 2 is 1.21 bits per heavy atom. The summed E-state index contributed by atoms with van der Waals surface area (Å²) in [6, 6.07) is 23.8. The highest BCUT2D eigenvalue weighted by atomic mass is 32.2. The molecule has 204 valence electrons. The van der Waals surface area contributed by atoms with Gasteiger partial charge in [0.2, 0.25) is 19.7 Å². The highest BCUT2D eigenvalue weighted by Crippen LogP contribution is 2.39.